The maximum absolute atomic E-state index is 4.55. The van der Waals surface area contributed by atoms with Crippen molar-refractivity contribution in [1.29, 1.82) is 0 Å². The average molecular weight is 307 g/mol. The Kier molecular flexibility index (Phi) is 4.23. The van der Waals surface area contributed by atoms with Gasteiger partial charge < -0.3 is 0 Å². The molecule has 0 saturated carbocycles. The Balaban J connectivity index is 2.52. The summed E-state index contributed by atoms with van der Waals surface area (Å²) in [5.74, 6) is 0. The van der Waals surface area contributed by atoms with E-state index in [2.05, 4.69) is 64.7 Å². The first-order valence-electron chi connectivity index (χ1n) is 6.36. The predicted octanol–water partition coefficient (Wildman–Crippen LogP) is 4.34. The van der Waals surface area contributed by atoms with Crippen LogP contribution in [0.3, 0.4) is 0 Å². The second-order valence-electron chi connectivity index (χ2n) is 4.70. The SMILES string of the molecule is CCCc1c(CBr)cnn1-c1ccc(C)cc1C. The highest BCUT2D eigenvalue weighted by Gasteiger charge is 2.12. The van der Waals surface area contributed by atoms with E-state index >= 15 is 0 Å². The summed E-state index contributed by atoms with van der Waals surface area (Å²) < 4.78 is 2.09. The van der Waals surface area contributed by atoms with Crippen molar-refractivity contribution >= 4 is 15.9 Å². The molecule has 0 atom stereocenters. The summed E-state index contributed by atoms with van der Waals surface area (Å²) in [4.78, 5) is 0. The lowest BCUT2D eigenvalue weighted by Gasteiger charge is -2.11. The summed E-state index contributed by atoms with van der Waals surface area (Å²) in [5, 5.41) is 5.42. The Bertz CT molecular complexity index is 543. The van der Waals surface area contributed by atoms with Crippen LogP contribution < -0.4 is 0 Å². The van der Waals surface area contributed by atoms with Gasteiger partial charge in [-0.2, -0.15) is 5.10 Å². The molecule has 0 radical (unpaired) electrons. The summed E-state index contributed by atoms with van der Waals surface area (Å²) in [6.07, 6.45) is 4.17. The van der Waals surface area contributed by atoms with Crippen molar-refractivity contribution in [3.05, 3.63) is 46.8 Å². The molecule has 0 saturated heterocycles. The molecule has 0 bridgehead atoms. The third kappa shape index (κ3) is 2.51. The Morgan fingerprint density at radius 2 is 2.06 bits per heavy atom. The first-order valence-corrected chi connectivity index (χ1v) is 7.49. The molecule has 0 N–H and O–H groups in total. The number of hydrogen-bond donors (Lipinski definition) is 0. The number of benzene rings is 1. The monoisotopic (exact) mass is 306 g/mol. The smallest absolute Gasteiger partial charge is 0.0678 e. The van der Waals surface area contributed by atoms with Crippen molar-refractivity contribution in [3.8, 4) is 5.69 Å². The van der Waals surface area contributed by atoms with E-state index < -0.39 is 0 Å². The molecular weight excluding hydrogens is 288 g/mol. The van der Waals surface area contributed by atoms with Crippen LogP contribution in [0.15, 0.2) is 24.4 Å². The fourth-order valence-electron chi connectivity index (χ4n) is 2.27. The van der Waals surface area contributed by atoms with Crippen LogP contribution in [0, 0.1) is 13.8 Å². The highest BCUT2D eigenvalue weighted by Crippen LogP contribution is 2.21. The minimum Gasteiger partial charge on any atom is -0.237 e. The normalized spacial score (nSPS) is 10.9. The van der Waals surface area contributed by atoms with Crippen LogP contribution in [0.4, 0.5) is 0 Å². The van der Waals surface area contributed by atoms with E-state index in [9.17, 15) is 0 Å². The van der Waals surface area contributed by atoms with Crippen LogP contribution in [0.2, 0.25) is 0 Å². The van der Waals surface area contributed by atoms with Crippen molar-refractivity contribution in [2.24, 2.45) is 0 Å². The third-order valence-electron chi connectivity index (χ3n) is 3.17. The summed E-state index contributed by atoms with van der Waals surface area (Å²) >= 11 is 3.54. The number of aromatic nitrogens is 2. The molecule has 0 aliphatic heterocycles. The maximum Gasteiger partial charge on any atom is 0.0678 e. The van der Waals surface area contributed by atoms with Gasteiger partial charge in [-0.05, 0) is 31.9 Å². The molecule has 1 aromatic heterocycles. The Hall–Kier alpha value is -1.09. The highest BCUT2D eigenvalue weighted by atomic mass is 79.9. The van der Waals surface area contributed by atoms with Crippen LogP contribution in [0.25, 0.3) is 5.69 Å². The lowest BCUT2D eigenvalue weighted by molar-refractivity contribution is 0.768. The summed E-state index contributed by atoms with van der Waals surface area (Å²) in [6.45, 7) is 6.47. The minimum atomic E-state index is 0.868. The van der Waals surface area contributed by atoms with Crippen molar-refractivity contribution < 1.29 is 0 Å². The zero-order valence-electron chi connectivity index (χ0n) is 11.2. The fraction of sp³-hybridized carbons (Fsp3) is 0.400. The van der Waals surface area contributed by atoms with E-state index in [-0.39, 0.29) is 0 Å². The van der Waals surface area contributed by atoms with Gasteiger partial charge in [0.15, 0.2) is 0 Å². The van der Waals surface area contributed by atoms with E-state index in [1.807, 2.05) is 6.20 Å². The van der Waals surface area contributed by atoms with Crippen molar-refractivity contribution in [1.82, 2.24) is 9.78 Å². The third-order valence-corrected chi connectivity index (χ3v) is 3.77. The molecule has 0 amide bonds. The first-order chi connectivity index (χ1) is 8.67. The van der Waals surface area contributed by atoms with Gasteiger partial charge >= 0.3 is 0 Å². The molecule has 2 aromatic rings. The van der Waals surface area contributed by atoms with Gasteiger partial charge in [-0.1, -0.05) is 47.0 Å². The summed E-state index contributed by atoms with van der Waals surface area (Å²) in [5.41, 5.74) is 6.37. The molecule has 0 fully saturated rings. The molecule has 1 aromatic carbocycles. The van der Waals surface area contributed by atoms with Crippen molar-refractivity contribution in [3.63, 3.8) is 0 Å². The van der Waals surface area contributed by atoms with Gasteiger partial charge in [0.25, 0.3) is 0 Å². The standard InChI is InChI=1S/C15H19BrN2/c1-4-5-15-13(9-16)10-17-18(15)14-7-6-11(2)8-12(14)3/h6-8,10H,4-5,9H2,1-3H3. The van der Waals surface area contributed by atoms with E-state index in [0.29, 0.717) is 0 Å². The predicted molar refractivity (Wildman–Crippen MR) is 79.7 cm³/mol. The Morgan fingerprint density at radius 1 is 1.28 bits per heavy atom. The fourth-order valence-corrected chi connectivity index (χ4v) is 2.74. The Morgan fingerprint density at radius 3 is 2.67 bits per heavy atom. The van der Waals surface area contributed by atoms with Crippen LogP contribution in [0.5, 0.6) is 0 Å². The van der Waals surface area contributed by atoms with Crippen molar-refractivity contribution in [2.75, 3.05) is 0 Å². The lowest BCUT2D eigenvalue weighted by atomic mass is 10.1. The number of halogens is 1. The zero-order chi connectivity index (χ0) is 13.1. The molecular formula is C15H19BrN2. The number of rotatable bonds is 4. The van der Waals surface area contributed by atoms with Crippen LogP contribution in [-0.2, 0) is 11.8 Å². The average Bonchev–Trinajstić information content (AvgIpc) is 2.73. The summed E-state index contributed by atoms with van der Waals surface area (Å²) in [6, 6.07) is 6.52. The van der Waals surface area contributed by atoms with Gasteiger partial charge in [-0.3, -0.25) is 0 Å². The molecule has 1 heterocycles. The highest BCUT2D eigenvalue weighted by molar-refractivity contribution is 9.08. The molecule has 0 aliphatic carbocycles. The molecule has 0 spiro atoms. The molecule has 2 nitrogen and oxygen atoms in total. The van der Waals surface area contributed by atoms with E-state index in [1.165, 1.54) is 28.1 Å². The van der Waals surface area contributed by atoms with Gasteiger partial charge in [0.05, 0.1) is 11.9 Å². The molecule has 0 aliphatic rings. The molecule has 18 heavy (non-hydrogen) atoms. The van der Waals surface area contributed by atoms with E-state index in [0.717, 1.165) is 18.2 Å². The molecule has 2 rings (SSSR count). The molecule has 3 heteroatoms. The van der Waals surface area contributed by atoms with Gasteiger partial charge in [0, 0.05) is 16.6 Å². The van der Waals surface area contributed by atoms with E-state index in [4.69, 9.17) is 0 Å². The molecule has 96 valence electrons. The topological polar surface area (TPSA) is 17.8 Å². The zero-order valence-corrected chi connectivity index (χ0v) is 12.8. The van der Waals surface area contributed by atoms with Gasteiger partial charge in [0.2, 0.25) is 0 Å². The lowest BCUT2D eigenvalue weighted by Crippen LogP contribution is -2.05. The number of alkyl halides is 1. The second kappa shape index (κ2) is 5.70. The maximum atomic E-state index is 4.55. The van der Waals surface area contributed by atoms with Crippen LogP contribution >= 0.6 is 15.9 Å². The summed E-state index contributed by atoms with van der Waals surface area (Å²) in [7, 11) is 0. The number of hydrogen-bond acceptors (Lipinski definition) is 1. The second-order valence-corrected chi connectivity index (χ2v) is 5.26. The first kappa shape index (κ1) is 13.3. The van der Waals surface area contributed by atoms with Crippen LogP contribution in [-0.4, -0.2) is 9.78 Å². The number of nitrogens with zero attached hydrogens (tertiary/aromatic N) is 2. The van der Waals surface area contributed by atoms with Crippen molar-refractivity contribution in [2.45, 2.75) is 38.9 Å². The van der Waals surface area contributed by atoms with Crippen LogP contribution in [0.1, 0.15) is 35.7 Å². The van der Waals surface area contributed by atoms with Gasteiger partial charge in [-0.25, -0.2) is 4.68 Å². The van der Waals surface area contributed by atoms with E-state index in [1.54, 1.807) is 0 Å². The quantitative estimate of drug-likeness (QED) is 0.768. The van der Waals surface area contributed by atoms with Gasteiger partial charge in [0.1, 0.15) is 0 Å². The minimum absolute atomic E-state index is 0.868. The van der Waals surface area contributed by atoms with Gasteiger partial charge in [-0.15, -0.1) is 0 Å². The number of aryl methyl sites for hydroxylation is 2. The largest absolute Gasteiger partial charge is 0.237 e. The Labute approximate surface area is 117 Å². The molecule has 0 unspecified atom stereocenters.